The molecule has 146 valence electrons. The first-order chi connectivity index (χ1) is 13.9. The van der Waals surface area contributed by atoms with Crippen molar-refractivity contribution in [2.24, 2.45) is 28.8 Å². The molecule has 5 rings (SSSR count). The molecule has 2 fully saturated rings. The molecule has 1 aliphatic heterocycles. The second-order valence-corrected chi connectivity index (χ2v) is 8.21. The fraction of sp³-hybridized carbons (Fsp3) is 0.250. The van der Waals surface area contributed by atoms with Crippen LogP contribution in [-0.4, -0.2) is 28.0 Å². The lowest BCUT2D eigenvalue weighted by molar-refractivity contribution is -0.384. The van der Waals surface area contributed by atoms with Crippen LogP contribution in [-0.2, 0) is 9.59 Å². The number of benzene rings is 1. The van der Waals surface area contributed by atoms with Gasteiger partial charge in [0, 0.05) is 22.2 Å². The van der Waals surface area contributed by atoms with Gasteiger partial charge in [-0.1, -0.05) is 12.2 Å². The van der Waals surface area contributed by atoms with Crippen LogP contribution in [0.5, 0.6) is 0 Å². The number of fused-ring (bicyclic) bond motifs is 5. The second kappa shape index (κ2) is 6.48. The monoisotopic (exact) mass is 455 g/mol. The molecule has 0 N–H and O–H groups in total. The molecule has 1 aromatic heterocycles. The maximum absolute atomic E-state index is 12.6. The Bertz CT molecular complexity index is 1090. The lowest BCUT2D eigenvalue weighted by atomic mass is 9.85. The van der Waals surface area contributed by atoms with Crippen molar-refractivity contribution in [3.63, 3.8) is 0 Å². The van der Waals surface area contributed by atoms with Crippen LogP contribution >= 0.6 is 15.9 Å². The molecular formula is C20H14BrN3O5. The smallest absolute Gasteiger partial charge is 0.270 e. The highest BCUT2D eigenvalue weighted by atomic mass is 79.9. The van der Waals surface area contributed by atoms with Crippen molar-refractivity contribution in [1.29, 1.82) is 0 Å². The van der Waals surface area contributed by atoms with Crippen molar-refractivity contribution in [3.8, 4) is 11.3 Å². The molecule has 8 nitrogen and oxygen atoms in total. The first-order valence-electron chi connectivity index (χ1n) is 9.08. The van der Waals surface area contributed by atoms with Gasteiger partial charge in [-0.2, -0.15) is 10.1 Å². The number of carbonyl (C=O) groups excluding carboxylic acids is 2. The number of non-ortho nitro benzene ring substituents is 1. The Balaban J connectivity index is 1.36. The fourth-order valence-electron chi connectivity index (χ4n) is 4.50. The van der Waals surface area contributed by atoms with E-state index in [1.165, 1.54) is 18.3 Å². The van der Waals surface area contributed by atoms with Crippen molar-refractivity contribution in [3.05, 3.63) is 62.8 Å². The van der Waals surface area contributed by atoms with Crippen molar-refractivity contribution in [1.82, 2.24) is 5.01 Å². The Hall–Kier alpha value is -3.07. The third-order valence-electron chi connectivity index (χ3n) is 5.80. The topological polar surface area (TPSA) is 106 Å². The first kappa shape index (κ1) is 18.0. The molecule has 2 amide bonds. The molecule has 4 atom stereocenters. The van der Waals surface area contributed by atoms with Gasteiger partial charge in [-0.3, -0.25) is 19.7 Å². The zero-order valence-corrected chi connectivity index (χ0v) is 16.5. The zero-order chi connectivity index (χ0) is 20.3. The minimum absolute atomic E-state index is 0.0333. The number of hydrogen-bond acceptors (Lipinski definition) is 6. The normalized spacial score (nSPS) is 27.4. The molecule has 9 heteroatoms. The summed E-state index contributed by atoms with van der Waals surface area (Å²) >= 11 is 3.31. The number of halogens is 1. The van der Waals surface area contributed by atoms with Crippen LogP contribution in [0.25, 0.3) is 11.3 Å². The number of nitro benzene ring substituents is 1. The number of rotatable bonds is 4. The molecule has 1 aromatic carbocycles. The summed E-state index contributed by atoms with van der Waals surface area (Å²) in [6, 6.07) is 7.72. The summed E-state index contributed by atoms with van der Waals surface area (Å²) in [7, 11) is 0. The third kappa shape index (κ3) is 2.76. The van der Waals surface area contributed by atoms with Gasteiger partial charge in [0.25, 0.3) is 17.5 Å². The lowest BCUT2D eigenvalue weighted by Crippen LogP contribution is -2.28. The minimum Gasteiger partial charge on any atom is -0.455 e. The number of carbonyl (C=O) groups is 2. The summed E-state index contributed by atoms with van der Waals surface area (Å²) in [6.45, 7) is 0. The molecule has 3 aliphatic rings. The van der Waals surface area contributed by atoms with Crippen LogP contribution in [0.2, 0.25) is 0 Å². The highest BCUT2D eigenvalue weighted by molar-refractivity contribution is 9.10. The Labute approximate surface area is 173 Å². The largest absolute Gasteiger partial charge is 0.455 e. The van der Waals surface area contributed by atoms with Crippen molar-refractivity contribution < 1.29 is 18.9 Å². The highest BCUT2D eigenvalue weighted by Gasteiger charge is 2.59. The number of furan rings is 1. The van der Waals surface area contributed by atoms with Crippen molar-refractivity contribution in [2.45, 2.75) is 6.42 Å². The number of hydrazone groups is 1. The predicted molar refractivity (Wildman–Crippen MR) is 106 cm³/mol. The third-order valence-corrected chi connectivity index (χ3v) is 6.46. The van der Waals surface area contributed by atoms with E-state index in [2.05, 4.69) is 21.0 Å². The SMILES string of the molecule is O=C1[C@@H]2[C@@H](C(=O)N1/N=C\c1ccc(-c3ccc([N+](=O)[O-])cc3Br)o1)[C@H]1C=C[C@H]2C1. The van der Waals surface area contributed by atoms with Crippen LogP contribution < -0.4 is 0 Å². The van der Waals surface area contributed by atoms with Gasteiger partial charge in [0.05, 0.1) is 23.0 Å². The number of imide groups is 1. The van der Waals surface area contributed by atoms with Gasteiger partial charge in [0.2, 0.25) is 0 Å². The van der Waals surface area contributed by atoms with Gasteiger partial charge in [-0.15, -0.1) is 0 Å². The molecule has 1 saturated heterocycles. The van der Waals surface area contributed by atoms with Gasteiger partial charge < -0.3 is 4.42 Å². The van der Waals surface area contributed by atoms with E-state index < -0.39 is 4.92 Å². The summed E-state index contributed by atoms with van der Waals surface area (Å²) in [5, 5.41) is 15.9. The molecule has 0 radical (unpaired) electrons. The van der Waals surface area contributed by atoms with Crippen molar-refractivity contribution in [2.75, 3.05) is 0 Å². The van der Waals surface area contributed by atoms with E-state index in [0.717, 1.165) is 11.4 Å². The molecule has 2 aliphatic carbocycles. The maximum atomic E-state index is 12.6. The average molecular weight is 456 g/mol. The molecule has 2 aromatic rings. The van der Waals surface area contributed by atoms with Gasteiger partial charge >= 0.3 is 0 Å². The van der Waals surface area contributed by atoms with Crippen LogP contribution in [0.1, 0.15) is 12.2 Å². The number of amides is 2. The van der Waals surface area contributed by atoms with Crippen LogP contribution in [0.4, 0.5) is 5.69 Å². The summed E-state index contributed by atoms with van der Waals surface area (Å²) in [6.07, 6.45) is 6.28. The predicted octanol–water partition coefficient (Wildman–Crippen LogP) is 3.76. The van der Waals surface area contributed by atoms with Gasteiger partial charge in [0.15, 0.2) is 0 Å². The number of nitro groups is 1. The molecular weight excluding hydrogens is 442 g/mol. The molecule has 2 bridgehead atoms. The van der Waals surface area contributed by atoms with E-state index in [1.807, 2.05) is 12.2 Å². The van der Waals surface area contributed by atoms with Gasteiger partial charge in [-0.05, 0) is 52.4 Å². The van der Waals surface area contributed by atoms with Crippen molar-refractivity contribution >= 4 is 39.6 Å². The number of hydrogen-bond donors (Lipinski definition) is 0. The van der Waals surface area contributed by atoms with Crippen LogP contribution in [0.15, 0.2) is 56.5 Å². The fourth-order valence-corrected chi connectivity index (χ4v) is 5.06. The lowest BCUT2D eigenvalue weighted by Gasteiger charge is -2.13. The molecule has 29 heavy (non-hydrogen) atoms. The quantitative estimate of drug-likeness (QED) is 0.229. The molecule has 0 unspecified atom stereocenters. The van der Waals surface area contributed by atoms with Crippen LogP contribution in [0, 0.1) is 33.8 Å². The first-order valence-corrected chi connectivity index (χ1v) is 9.87. The zero-order valence-electron chi connectivity index (χ0n) is 14.9. The van der Waals surface area contributed by atoms with Crippen LogP contribution in [0.3, 0.4) is 0 Å². The number of nitrogens with zero attached hydrogens (tertiary/aromatic N) is 3. The van der Waals surface area contributed by atoms with Gasteiger partial charge in [0.1, 0.15) is 11.5 Å². The number of allylic oxidation sites excluding steroid dienone is 2. The molecule has 2 heterocycles. The minimum atomic E-state index is -0.476. The summed E-state index contributed by atoms with van der Waals surface area (Å²) in [5.74, 6) is 0.0230. The summed E-state index contributed by atoms with van der Waals surface area (Å²) < 4.78 is 6.24. The Morgan fingerprint density at radius 1 is 1.14 bits per heavy atom. The van der Waals surface area contributed by atoms with E-state index in [0.29, 0.717) is 21.6 Å². The van der Waals surface area contributed by atoms with E-state index in [-0.39, 0.29) is 41.2 Å². The standard InChI is InChI=1S/C20H14BrN3O5/c21-15-8-12(24(27)28)3-5-14(15)16-6-4-13(29-16)9-22-23-19(25)17-10-1-2-11(7-10)18(17)20(23)26/h1-6,8-11,17-18H,7H2/b22-9-/t10-,11-,17-,18-/m0/s1. The summed E-state index contributed by atoms with van der Waals surface area (Å²) in [4.78, 5) is 35.7. The maximum Gasteiger partial charge on any atom is 0.270 e. The molecule has 0 spiro atoms. The Morgan fingerprint density at radius 3 is 2.45 bits per heavy atom. The average Bonchev–Trinajstić information content (AvgIpc) is 3.46. The second-order valence-electron chi connectivity index (χ2n) is 7.36. The Kier molecular flexibility index (Phi) is 4.02. The van der Waals surface area contributed by atoms with E-state index >= 15 is 0 Å². The summed E-state index contributed by atoms with van der Waals surface area (Å²) in [5.41, 5.74) is 0.606. The highest BCUT2D eigenvalue weighted by Crippen LogP contribution is 2.52. The van der Waals surface area contributed by atoms with E-state index in [1.54, 1.807) is 18.2 Å². The Morgan fingerprint density at radius 2 is 1.83 bits per heavy atom. The van der Waals surface area contributed by atoms with E-state index in [9.17, 15) is 19.7 Å². The van der Waals surface area contributed by atoms with E-state index in [4.69, 9.17) is 4.42 Å². The van der Waals surface area contributed by atoms with Gasteiger partial charge in [-0.25, -0.2) is 0 Å². The molecule has 1 saturated carbocycles.